The van der Waals surface area contributed by atoms with Gasteiger partial charge in [0.05, 0.1) is 11.3 Å². The molecule has 1 saturated carbocycles. The predicted molar refractivity (Wildman–Crippen MR) is 108 cm³/mol. The highest BCUT2D eigenvalue weighted by atomic mass is 16.4. The van der Waals surface area contributed by atoms with Gasteiger partial charge in [-0.3, -0.25) is 14.4 Å². The minimum atomic E-state index is -0.704. The van der Waals surface area contributed by atoms with Gasteiger partial charge in [-0.15, -0.1) is 5.10 Å². The molecule has 1 aromatic carbocycles. The second-order valence-electron chi connectivity index (χ2n) is 7.81. The Morgan fingerprint density at radius 3 is 2.62 bits per heavy atom. The van der Waals surface area contributed by atoms with Crippen LogP contribution in [0.1, 0.15) is 51.4 Å². The number of nitrogens with zero attached hydrogens (tertiary/aromatic N) is 3. The molecular formula is C21H28N4O4. The van der Waals surface area contributed by atoms with Crippen LogP contribution in [0.4, 0.5) is 0 Å². The van der Waals surface area contributed by atoms with Crippen molar-refractivity contribution in [1.82, 2.24) is 20.3 Å². The zero-order valence-electron chi connectivity index (χ0n) is 16.5. The van der Waals surface area contributed by atoms with Gasteiger partial charge in [0.2, 0.25) is 5.91 Å². The summed E-state index contributed by atoms with van der Waals surface area (Å²) < 4.78 is 1.38. The second-order valence-corrected chi connectivity index (χ2v) is 7.81. The maximum Gasteiger partial charge on any atom is 0.306 e. The van der Waals surface area contributed by atoms with E-state index in [-0.39, 0.29) is 17.4 Å². The molecule has 0 radical (unpaired) electrons. The van der Waals surface area contributed by atoms with E-state index < -0.39 is 5.97 Å². The molecule has 1 fully saturated rings. The normalized spacial score (nSPS) is 19.2. The van der Waals surface area contributed by atoms with Gasteiger partial charge in [0, 0.05) is 19.5 Å². The Balaban J connectivity index is 1.31. The molecule has 0 atom stereocenters. The van der Waals surface area contributed by atoms with E-state index in [1.807, 2.05) is 12.1 Å². The molecule has 1 heterocycles. The fourth-order valence-electron chi connectivity index (χ4n) is 3.85. The number of hydrogen-bond acceptors (Lipinski definition) is 5. The molecule has 0 aliphatic heterocycles. The molecule has 0 unspecified atom stereocenters. The first-order valence-corrected chi connectivity index (χ1v) is 10.4. The predicted octanol–water partition coefficient (Wildman–Crippen LogP) is 2.36. The van der Waals surface area contributed by atoms with Crippen LogP contribution in [0.2, 0.25) is 0 Å². The molecule has 1 amide bonds. The number of aryl methyl sites for hydroxylation is 1. The van der Waals surface area contributed by atoms with Crippen LogP contribution in [0.5, 0.6) is 0 Å². The summed E-state index contributed by atoms with van der Waals surface area (Å²) in [6.45, 7) is 1.12. The van der Waals surface area contributed by atoms with Crippen molar-refractivity contribution in [2.24, 2.45) is 11.8 Å². The Morgan fingerprint density at radius 1 is 1.10 bits per heavy atom. The van der Waals surface area contributed by atoms with E-state index in [1.165, 1.54) is 4.68 Å². The molecule has 1 aromatic heterocycles. The van der Waals surface area contributed by atoms with Crippen LogP contribution in [-0.4, -0.2) is 38.5 Å². The minimum absolute atomic E-state index is 0.0352. The summed E-state index contributed by atoms with van der Waals surface area (Å²) >= 11 is 0. The Morgan fingerprint density at radius 2 is 1.86 bits per heavy atom. The average Bonchev–Trinajstić information content (AvgIpc) is 2.74. The first-order valence-electron chi connectivity index (χ1n) is 10.4. The molecule has 8 nitrogen and oxygen atoms in total. The zero-order valence-corrected chi connectivity index (χ0v) is 16.5. The lowest BCUT2D eigenvalue weighted by Gasteiger charge is -2.26. The first-order chi connectivity index (χ1) is 14.0. The zero-order chi connectivity index (χ0) is 20.6. The molecule has 29 heavy (non-hydrogen) atoms. The van der Waals surface area contributed by atoms with Crippen LogP contribution in [0.25, 0.3) is 10.9 Å². The third-order valence-electron chi connectivity index (χ3n) is 5.69. The topological polar surface area (TPSA) is 114 Å². The van der Waals surface area contributed by atoms with Gasteiger partial charge in [-0.1, -0.05) is 23.8 Å². The van der Waals surface area contributed by atoms with E-state index in [2.05, 4.69) is 15.6 Å². The summed E-state index contributed by atoms with van der Waals surface area (Å²) in [6, 6.07) is 7.16. The molecule has 0 spiro atoms. The number of carboxylic acids is 1. The summed E-state index contributed by atoms with van der Waals surface area (Å²) in [5, 5.41) is 20.6. The van der Waals surface area contributed by atoms with Gasteiger partial charge in [0.1, 0.15) is 5.52 Å². The van der Waals surface area contributed by atoms with Crippen LogP contribution in [0, 0.1) is 11.8 Å². The van der Waals surface area contributed by atoms with E-state index in [9.17, 15) is 14.4 Å². The van der Waals surface area contributed by atoms with Crippen LogP contribution in [0.15, 0.2) is 29.1 Å². The molecule has 0 bridgehead atoms. The maximum absolute atomic E-state index is 12.4. The van der Waals surface area contributed by atoms with E-state index >= 15 is 0 Å². The Labute approximate surface area is 169 Å². The van der Waals surface area contributed by atoms with E-state index in [4.69, 9.17) is 5.11 Å². The molecular weight excluding hydrogens is 372 g/mol. The van der Waals surface area contributed by atoms with E-state index in [0.29, 0.717) is 49.2 Å². The van der Waals surface area contributed by atoms with Gasteiger partial charge in [-0.2, -0.15) is 0 Å². The van der Waals surface area contributed by atoms with Gasteiger partial charge >= 0.3 is 5.97 Å². The number of aromatic nitrogens is 3. The van der Waals surface area contributed by atoms with Crippen molar-refractivity contribution in [2.45, 2.75) is 57.9 Å². The SMILES string of the molecule is O=C(CCCCCn1nnc2ccccc2c1=O)NCC1CCC(C(=O)O)CC1. The van der Waals surface area contributed by atoms with Crippen molar-refractivity contribution >= 4 is 22.8 Å². The van der Waals surface area contributed by atoms with Gasteiger partial charge in [-0.05, 0) is 56.6 Å². The van der Waals surface area contributed by atoms with Crippen LogP contribution in [-0.2, 0) is 16.1 Å². The largest absolute Gasteiger partial charge is 0.481 e. The molecule has 1 aliphatic carbocycles. The lowest BCUT2D eigenvalue weighted by Crippen LogP contribution is -2.32. The summed E-state index contributed by atoms with van der Waals surface area (Å²) in [5.41, 5.74) is 0.466. The molecule has 1 aliphatic rings. The number of carbonyl (C=O) groups excluding carboxylic acids is 1. The van der Waals surface area contributed by atoms with Gasteiger partial charge in [-0.25, -0.2) is 4.68 Å². The Bertz CT molecular complexity index is 903. The molecule has 8 heteroatoms. The Hall–Kier alpha value is -2.77. The highest BCUT2D eigenvalue weighted by Gasteiger charge is 2.25. The summed E-state index contributed by atoms with van der Waals surface area (Å²) in [7, 11) is 0. The van der Waals surface area contributed by atoms with Crippen molar-refractivity contribution in [3.8, 4) is 0 Å². The van der Waals surface area contributed by atoms with Gasteiger partial charge in [0.25, 0.3) is 5.56 Å². The number of benzene rings is 1. The first kappa shape index (κ1) is 21.0. The molecule has 0 saturated heterocycles. The van der Waals surface area contributed by atoms with Crippen molar-refractivity contribution in [3.05, 3.63) is 34.6 Å². The number of aliphatic carboxylic acids is 1. The maximum atomic E-state index is 12.4. The summed E-state index contributed by atoms with van der Waals surface area (Å²) in [5.74, 6) is -0.507. The quantitative estimate of drug-likeness (QED) is 0.625. The van der Waals surface area contributed by atoms with Crippen molar-refractivity contribution < 1.29 is 14.7 Å². The second kappa shape index (κ2) is 10.1. The van der Waals surface area contributed by atoms with E-state index in [0.717, 1.165) is 32.1 Å². The molecule has 2 N–H and O–H groups in total. The smallest absolute Gasteiger partial charge is 0.306 e. The molecule has 2 aromatic rings. The van der Waals surface area contributed by atoms with Crippen molar-refractivity contribution in [2.75, 3.05) is 6.54 Å². The third kappa shape index (κ3) is 5.85. The van der Waals surface area contributed by atoms with Crippen molar-refractivity contribution in [3.63, 3.8) is 0 Å². The van der Waals surface area contributed by atoms with Crippen molar-refractivity contribution in [1.29, 1.82) is 0 Å². The lowest BCUT2D eigenvalue weighted by molar-refractivity contribution is -0.143. The fraction of sp³-hybridized carbons (Fsp3) is 0.571. The number of carbonyl (C=O) groups is 2. The van der Waals surface area contributed by atoms with Gasteiger partial charge in [0.15, 0.2) is 0 Å². The summed E-state index contributed by atoms with van der Waals surface area (Å²) in [6.07, 6.45) is 5.94. The number of amides is 1. The number of unbranched alkanes of at least 4 members (excludes halogenated alkanes) is 2. The number of hydrogen-bond donors (Lipinski definition) is 2. The van der Waals surface area contributed by atoms with Crippen LogP contribution >= 0.6 is 0 Å². The minimum Gasteiger partial charge on any atom is -0.481 e. The number of carboxylic acid groups (broad SMARTS) is 1. The number of nitrogens with one attached hydrogen (secondary N) is 1. The fourth-order valence-corrected chi connectivity index (χ4v) is 3.85. The summed E-state index contributed by atoms with van der Waals surface area (Å²) in [4.78, 5) is 35.3. The van der Waals surface area contributed by atoms with Crippen LogP contribution < -0.4 is 10.9 Å². The highest BCUT2D eigenvalue weighted by Crippen LogP contribution is 2.28. The highest BCUT2D eigenvalue weighted by molar-refractivity contribution is 5.76. The third-order valence-corrected chi connectivity index (χ3v) is 5.69. The standard InChI is InChI=1S/C21H28N4O4/c26-19(22-14-15-9-11-16(12-10-15)21(28)29)8-2-1-5-13-25-20(27)17-6-3-4-7-18(17)23-24-25/h3-4,6-7,15-16H,1-2,5,8-14H2,(H,22,26)(H,28,29). The van der Waals surface area contributed by atoms with Gasteiger partial charge < -0.3 is 10.4 Å². The van der Waals surface area contributed by atoms with E-state index in [1.54, 1.807) is 12.1 Å². The number of rotatable bonds is 9. The lowest BCUT2D eigenvalue weighted by atomic mass is 9.82. The number of fused-ring (bicyclic) bond motifs is 1. The monoisotopic (exact) mass is 400 g/mol. The average molecular weight is 400 g/mol. The molecule has 3 rings (SSSR count). The van der Waals surface area contributed by atoms with Crippen LogP contribution in [0.3, 0.4) is 0 Å². The molecule has 156 valence electrons. The Kier molecular flexibility index (Phi) is 7.32.